The Morgan fingerprint density at radius 1 is 1.27 bits per heavy atom. The normalized spacial score (nSPS) is 37.9. The van der Waals surface area contributed by atoms with Crippen LogP contribution in [0.3, 0.4) is 0 Å². The van der Waals surface area contributed by atoms with Gasteiger partial charge in [-0.15, -0.1) is 0 Å². The molecule has 3 aliphatic rings. The number of rotatable bonds is 3. The van der Waals surface area contributed by atoms with E-state index in [9.17, 15) is 14.7 Å². The summed E-state index contributed by atoms with van der Waals surface area (Å²) in [6.45, 7) is 9.05. The van der Waals surface area contributed by atoms with E-state index in [0.29, 0.717) is 18.3 Å². The minimum Gasteiger partial charge on any atom is -0.504 e. The summed E-state index contributed by atoms with van der Waals surface area (Å²) in [4.78, 5) is 24.9. The van der Waals surface area contributed by atoms with Gasteiger partial charge in [0.25, 0.3) is 0 Å². The van der Waals surface area contributed by atoms with Gasteiger partial charge >= 0.3 is 0 Å². The van der Waals surface area contributed by atoms with E-state index in [4.69, 9.17) is 4.74 Å². The van der Waals surface area contributed by atoms with Crippen molar-refractivity contribution in [3.63, 3.8) is 0 Å². The molecule has 0 spiro atoms. The first-order chi connectivity index (χ1) is 12.1. The number of hydrogen-bond donors (Lipinski definition) is 1. The highest BCUT2D eigenvalue weighted by Gasteiger charge is 2.54. The molecule has 0 aromatic carbocycles. The fourth-order valence-electron chi connectivity index (χ4n) is 5.56. The lowest BCUT2D eigenvalue weighted by atomic mass is 9.46. The quantitative estimate of drug-likeness (QED) is 0.588. The Kier molecular flexibility index (Phi) is 4.66. The minimum atomic E-state index is -0.536. The number of fused-ring (bicyclic) bond motifs is 1. The van der Waals surface area contributed by atoms with Crippen LogP contribution in [-0.4, -0.2) is 23.8 Å². The summed E-state index contributed by atoms with van der Waals surface area (Å²) in [5.74, 6) is -0.438. The molecule has 0 radical (unpaired) electrons. The van der Waals surface area contributed by atoms with Crippen molar-refractivity contribution in [1.82, 2.24) is 0 Å². The Morgan fingerprint density at radius 3 is 2.62 bits per heavy atom. The maximum Gasteiger partial charge on any atom is 0.227 e. The third-order valence-electron chi connectivity index (χ3n) is 7.65. The molecule has 142 valence electrons. The molecule has 0 aliphatic heterocycles. The molecule has 0 amide bonds. The summed E-state index contributed by atoms with van der Waals surface area (Å²) >= 11 is 0. The first-order valence-corrected chi connectivity index (χ1v) is 9.59. The van der Waals surface area contributed by atoms with Gasteiger partial charge < -0.3 is 9.84 Å². The van der Waals surface area contributed by atoms with Gasteiger partial charge in [-0.1, -0.05) is 32.4 Å². The van der Waals surface area contributed by atoms with Crippen LogP contribution in [0.15, 0.2) is 34.8 Å². The molecule has 4 nitrogen and oxygen atoms in total. The van der Waals surface area contributed by atoms with Crippen LogP contribution < -0.4 is 0 Å². The maximum absolute atomic E-state index is 12.8. The van der Waals surface area contributed by atoms with Gasteiger partial charge in [0, 0.05) is 11.6 Å². The molecule has 1 fully saturated rings. The highest BCUT2D eigenvalue weighted by Crippen LogP contribution is 2.62. The van der Waals surface area contributed by atoms with E-state index in [1.165, 1.54) is 12.7 Å². The number of Topliss-reactive ketones (excluding diaryl/α,β-unsaturated/α-hetero) is 1. The van der Waals surface area contributed by atoms with Gasteiger partial charge in [0.2, 0.25) is 11.6 Å². The average Bonchev–Trinajstić information content (AvgIpc) is 2.61. The third kappa shape index (κ3) is 2.65. The van der Waals surface area contributed by atoms with Crippen molar-refractivity contribution in [3.8, 4) is 0 Å². The molecule has 3 aliphatic carbocycles. The number of carbonyl (C=O) groups excluding carboxylic acids is 2. The second-order valence-electron chi connectivity index (χ2n) is 8.79. The van der Waals surface area contributed by atoms with E-state index in [1.807, 2.05) is 0 Å². The van der Waals surface area contributed by atoms with Crippen LogP contribution in [0.25, 0.3) is 0 Å². The Hall–Kier alpha value is -1.84. The van der Waals surface area contributed by atoms with E-state index in [1.54, 1.807) is 0 Å². The molecule has 0 heterocycles. The summed E-state index contributed by atoms with van der Waals surface area (Å²) in [6, 6.07) is 0. The van der Waals surface area contributed by atoms with Crippen molar-refractivity contribution in [3.05, 3.63) is 34.8 Å². The molecule has 0 unspecified atom stereocenters. The van der Waals surface area contributed by atoms with Crippen molar-refractivity contribution < 1.29 is 19.4 Å². The third-order valence-corrected chi connectivity index (χ3v) is 7.65. The zero-order valence-corrected chi connectivity index (χ0v) is 16.5. The van der Waals surface area contributed by atoms with Crippen LogP contribution in [-0.2, 0) is 14.3 Å². The van der Waals surface area contributed by atoms with Crippen molar-refractivity contribution in [2.24, 2.45) is 22.7 Å². The van der Waals surface area contributed by atoms with Gasteiger partial charge in [0.15, 0.2) is 11.5 Å². The van der Waals surface area contributed by atoms with Crippen LogP contribution in [0.1, 0.15) is 59.8 Å². The van der Waals surface area contributed by atoms with Gasteiger partial charge in [-0.3, -0.25) is 9.59 Å². The number of ether oxygens (including phenoxy) is 1. The smallest absolute Gasteiger partial charge is 0.227 e. The van der Waals surface area contributed by atoms with Gasteiger partial charge in [0.05, 0.1) is 7.11 Å². The topological polar surface area (TPSA) is 63.6 Å². The van der Waals surface area contributed by atoms with E-state index in [-0.39, 0.29) is 27.9 Å². The Balaban J connectivity index is 2.02. The fraction of sp³-hybridized carbons (Fsp3) is 0.636. The minimum absolute atomic E-state index is 0.0253. The highest BCUT2D eigenvalue weighted by atomic mass is 16.5. The maximum atomic E-state index is 12.8. The summed E-state index contributed by atoms with van der Waals surface area (Å²) in [5.41, 5.74) is 1.63. The lowest BCUT2D eigenvalue weighted by Gasteiger charge is -2.58. The molecule has 1 saturated carbocycles. The van der Waals surface area contributed by atoms with Gasteiger partial charge in [-0.2, -0.15) is 0 Å². The summed E-state index contributed by atoms with van der Waals surface area (Å²) in [7, 11) is 1.38. The SMILES string of the molecule is COC1=CC(=O)C(O)=C(C[C@]2(C)[C@@H](C)CC[C@@]3(C)C(C)=CCC[C@@H]23)C1=O. The number of carbonyl (C=O) groups is 2. The number of methoxy groups -OCH3 is 1. The van der Waals surface area contributed by atoms with Crippen LogP contribution >= 0.6 is 0 Å². The van der Waals surface area contributed by atoms with Crippen LogP contribution in [0.5, 0.6) is 0 Å². The van der Waals surface area contributed by atoms with Crippen LogP contribution in [0, 0.1) is 22.7 Å². The largest absolute Gasteiger partial charge is 0.504 e. The zero-order valence-electron chi connectivity index (χ0n) is 16.5. The zero-order chi connectivity index (χ0) is 19.3. The number of ketones is 2. The first kappa shape index (κ1) is 18.9. The predicted molar refractivity (Wildman–Crippen MR) is 100 cm³/mol. The molecule has 26 heavy (non-hydrogen) atoms. The summed E-state index contributed by atoms with van der Waals surface area (Å²) < 4.78 is 5.08. The Morgan fingerprint density at radius 2 is 1.96 bits per heavy atom. The fourth-order valence-corrected chi connectivity index (χ4v) is 5.56. The molecule has 0 bridgehead atoms. The van der Waals surface area contributed by atoms with E-state index < -0.39 is 11.5 Å². The molecule has 3 rings (SSSR count). The molecule has 0 aromatic heterocycles. The van der Waals surface area contributed by atoms with Crippen molar-refractivity contribution >= 4 is 11.6 Å². The van der Waals surface area contributed by atoms with Gasteiger partial charge in [0.1, 0.15) is 0 Å². The highest BCUT2D eigenvalue weighted by molar-refractivity contribution is 6.20. The first-order valence-electron chi connectivity index (χ1n) is 9.59. The predicted octanol–water partition coefficient (Wildman–Crippen LogP) is 4.67. The number of allylic oxidation sites excluding steroid dienone is 4. The number of hydrogen-bond acceptors (Lipinski definition) is 4. The van der Waals surface area contributed by atoms with Crippen molar-refractivity contribution in [2.45, 2.75) is 59.8 Å². The van der Waals surface area contributed by atoms with Crippen molar-refractivity contribution in [2.75, 3.05) is 7.11 Å². The number of aliphatic hydroxyl groups excluding tert-OH is 1. The summed E-state index contributed by atoms with van der Waals surface area (Å²) in [5, 5.41) is 10.4. The van der Waals surface area contributed by atoms with E-state index >= 15 is 0 Å². The van der Waals surface area contributed by atoms with Crippen LogP contribution in [0.2, 0.25) is 0 Å². The molecule has 1 N–H and O–H groups in total. The average molecular weight is 358 g/mol. The van der Waals surface area contributed by atoms with Crippen molar-refractivity contribution in [1.29, 1.82) is 0 Å². The summed E-state index contributed by atoms with van der Waals surface area (Å²) in [6.07, 6.45) is 8.22. The molecular weight excluding hydrogens is 328 g/mol. The Bertz CT molecular complexity index is 741. The molecule has 0 aromatic rings. The van der Waals surface area contributed by atoms with E-state index in [2.05, 4.69) is 33.8 Å². The second-order valence-corrected chi connectivity index (χ2v) is 8.79. The molecular formula is C22H30O4. The van der Waals surface area contributed by atoms with E-state index in [0.717, 1.165) is 31.8 Å². The standard InChI is InChI=1S/C22H30O4/c1-13-7-6-8-18-21(13,3)10-9-14(2)22(18,4)12-15-19(24)16(23)11-17(26-5)20(15)25/h7,11,14,18,24H,6,8-10,12H2,1-5H3/t14-,18+,21-,22+/m0/s1. The Labute approximate surface area is 156 Å². The lowest BCUT2D eigenvalue weighted by molar-refractivity contribution is -0.120. The van der Waals surface area contributed by atoms with Gasteiger partial charge in [-0.25, -0.2) is 0 Å². The molecule has 4 atom stereocenters. The monoisotopic (exact) mass is 358 g/mol. The number of aliphatic hydroxyl groups is 1. The van der Waals surface area contributed by atoms with Gasteiger partial charge in [-0.05, 0) is 61.7 Å². The molecule has 4 heteroatoms. The second kappa shape index (κ2) is 6.40. The lowest BCUT2D eigenvalue weighted by Crippen LogP contribution is -2.50. The van der Waals surface area contributed by atoms with Crippen LogP contribution in [0.4, 0.5) is 0 Å². The molecule has 0 saturated heterocycles.